The number of nitrogens with two attached hydrogens (primary N) is 1. The molecule has 0 aliphatic carbocycles. The average Bonchev–Trinajstić information content (AvgIpc) is 2.63. The van der Waals surface area contributed by atoms with Crippen LogP contribution in [-0.2, 0) is 0 Å². The monoisotopic (exact) mass is 250 g/mol. The molecule has 0 aromatic heterocycles. The Balaban J connectivity index is 2.23. The third-order valence-corrected chi connectivity index (χ3v) is 3.51. The maximum absolute atomic E-state index is 13.6. The first-order valence-electron chi connectivity index (χ1n) is 6.49. The largest absolute Gasteiger partial charge is 0.334 e. The fourth-order valence-electron chi connectivity index (χ4n) is 2.48. The quantitative estimate of drug-likeness (QED) is 0.874. The highest BCUT2D eigenvalue weighted by Crippen LogP contribution is 2.19. The summed E-state index contributed by atoms with van der Waals surface area (Å²) in [5.74, 6) is -0.687. The van der Waals surface area contributed by atoms with E-state index in [1.165, 1.54) is 12.1 Å². The molecule has 0 bridgehead atoms. The minimum atomic E-state index is -0.456. The lowest BCUT2D eigenvalue weighted by Gasteiger charge is -2.29. The third kappa shape index (κ3) is 2.70. The van der Waals surface area contributed by atoms with E-state index in [4.69, 9.17) is 5.73 Å². The molecule has 98 valence electrons. The molecular formula is C14H19FN2O. The van der Waals surface area contributed by atoms with Crippen molar-refractivity contribution in [2.24, 2.45) is 5.73 Å². The number of halogens is 1. The van der Waals surface area contributed by atoms with Crippen molar-refractivity contribution >= 4 is 5.91 Å². The summed E-state index contributed by atoms with van der Waals surface area (Å²) in [6, 6.07) is 6.18. The highest BCUT2D eigenvalue weighted by molar-refractivity contribution is 5.94. The smallest absolute Gasteiger partial charge is 0.257 e. The number of carbonyl (C=O) groups is 1. The van der Waals surface area contributed by atoms with Crippen molar-refractivity contribution < 1.29 is 9.18 Å². The second-order valence-electron chi connectivity index (χ2n) is 4.72. The van der Waals surface area contributed by atoms with Gasteiger partial charge < -0.3 is 10.6 Å². The number of hydrogen-bond donors (Lipinski definition) is 1. The summed E-state index contributed by atoms with van der Waals surface area (Å²) in [6.45, 7) is 1.12. The van der Waals surface area contributed by atoms with E-state index in [-0.39, 0.29) is 17.5 Å². The number of benzene rings is 1. The van der Waals surface area contributed by atoms with Crippen LogP contribution in [0.4, 0.5) is 4.39 Å². The number of nitrogens with zero attached hydrogens (tertiary/aromatic N) is 1. The molecule has 1 fully saturated rings. The van der Waals surface area contributed by atoms with Gasteiger partial charge in [-0.25, -0.2) is 4.39 Å². The molecular weight excluding hydrogens is 231 g/mol. The molecule has 0 spiro atoms. The summed E-state index contributed by atoms with van der Waals surface area (Å²) < 4.78 is 13.6. The van der Waals surface area contributed by atoms with Crippen molar-refractivity contribution in [1.82, 2.24) is 4.90 Å². The molecule has 1 atom stereocenters. The van der Waals surface area contributed by atoms with Crippen LogP contribution in [0.2, 0.25) is 0 Å². The number of rotatable bonds is 2. The topological polar surface area (TPSA) is 46.3 Å². The molecule has 2 N–H and O–H groups in total. The Hall–Kier alpha value is -1.42. The van der Waals surface area contributed by atoms with Crippen LogP contribution in [0.5, 0.6) is 0 Å². The van der Waals surface area contributed by atoms with Gasteiger partial charge in [0.05, 0.1) is 5.56 Å². The molecule has 1 aromatic carbocycles. The highest BCUT2D eigenvalue weighted by atomic mass is 19.1. The molecule has 4 heteroatoms. The summed E-state index contributed by atoms with van der Waals surface area (Å²) in [6.07, 6.45) is 4.08. The molecule has 0 saturated carbocycles. The number of carbonyl (C=O) groups excluding carboxylic acids is 1. The van der Waals surface area contributed by atoms with E-state index in [0.29, 0.717) is 13.1 Å². The van der Waals surface area contributed by atoms with Crippen LogP contribution < -0.4 is 5.73 Å². The van der Waals surface area contributed by atoms with Crippen LogP contribution in [0.25, 0.3) is 0 Å². The van der Waals surface area contributed by atoms with Crippen LogP contribution in [0.15, 0.2) is 24.3 Å². The van der Waals surface area contributed by atoms with E-state index >= 15 is 0 Å². The van der Waals surface area contributed by atoms with Crippen LogP contribution >= 0.6 is 0 Å². The first kappa shape index (κ1) is 13.0. The van der Waals surface area contributed by atoms with Gasteiger partial charge in [-0.1, -0.05) is 25.0 Å². The molecule has 1 aliphatic heterocycles. The summed E-state index contributed by atoms with van der Waals surface area (Å²) in [4.78, 5) is 14.1. The van der Waals surface area contributed by atoms with Crippen LogP contribution in [-0.4, -0.2) is 29.9 Å². The summed E-state index contributed by atoms with van der Waals surface area (Å²) >= 11 is 0. The van der Waals surface area contributed by atoms with Gasteiger partial charge in [0, 0.05) is 19.1 Å². The van der Waals surface area contributed by atoms with E-state index in [1.807, 2.05) is 0 Å². The number of hydrogen-bond acceptors (Lipinski definition) is 2. The maximum atomic E-state index is 13.6. The Morgan fingerprint density at radius 2 is 2.11 bits per heavy atom. The van der Waals surface area contributed by atoms with Gasteiger partial charge >= 0.3 is 0 Å². The lowest BCUT2D eigenvalue weighted by Crippen LogP contribution is -2.44. The molecule has 1 unspecified atom stereocenters. The molecule has 0 radical (unpaired) electrons. The van der Waals surface area contributed by atoms with Gasteiger partial charge in [-0.15, -0.1) is 0 Å². The van der Waals surface area contributed by atoms with E-state index < -0.39 is 5.82 Å². The predicted octanol–water partition coefficient (Wildman–Crippen LogP) is 2.17. The SMILES string of the molecule is NCC1CCCCCN1C(=O)c1ccccc1F. The molecule has 1 aromatic rings. The van der Waals surface area contributed by atoms with Crippen molar-refractivity contribution in [3.8, 4) is 0 Å². The van der Waals surface area contributed by atoms with Gasteiger partial charge in [0.2, 0.25) is 0 Å². The molecule has 3 nitrogen and oxygen atoms in total. The van der Waals surface area contributed by atoms with Crippen LogP contribution in [0.3, 0.4) is 0 Å². The molecule has 1 heterocycles. The zero-order valence-corrected chi connectivity index (χ0v) is 10.4. The van der Waals surface area contributed by atoms with Crippen molar-refractivity contribution in [2.75, 3.05) is 13.1 Å². The molecule has 1 saturated heterocycles. The first-order chi connectivity index (χ1) is 8.74. The minimum Gasteiger partial charge on any atom is -0.334 e. The fourth-order valence-corrected chi connectivity index (χ4v) is 2.48. The Labute approximate surface area is 107 Å². The lowest BCUT2D eigenvalue weighted by molar-refractivity contribution is 0.0684. The van der Waals surface area contributed by atoms with Crippen molar-refractivity contribution in [3.63, 3.8) is 0 Å². The molecule has 2 rings (SSSR count). The first-order valence-corrected chi connectivity index (χ1v) is 6.49. The minimum absolute atomic E-state index is 0.0413. The zero-order chi connectivity index (χ0) is 13.0. The maximum Gasteiger partial charge on any atom is 0.257 e. The second-order valence-corrected chi connectivity index (χ2v) is 4.72. The zero-order valence-electron chi connectivity index (χ0n) is 10.4. The molecule has 1 aliphatic rings. The van der Waals surface area contributed by atoms with E-state index in [2.05, 4.69) is 0 Å². The van der Waals surface area contributed by atoms with Gasteiger partial charge in [0.1, 0.15) is 5.82 Å². The predicted molar refractivity (Wildman–Crippen MR) is 68.7 cm³/mol. The fraction of sp³-hybridized carbons (Fsp3) is 0.500. The Morgan fingerprint density at radius 1 is 1.33 bits per heavy atom. The summed E-state index contributed by atoms with van der Waals surface area (Å²) in [5, 5.41) is 0. The standard InChI is InChI=1S/C14H19FN2O/c15-13-8-4-3-7-12(13)14(18)17-9-5-1-2-6-11(17)10-16/h3-4,7-8,11H,1-2,5-6,9-10,16H2. The Kier molecular flexibility index (Phi) is 4.31. The van der Waals surface area contributed by atoms with Crippen LogP contribution in [0.1, 0.15) is 36.0 Å². The van der Waals surface area contributed by atoms with E-state index in [0.717, 1.165) is 25.7 Å². The second kappa shape index (κ2) is 5.96. The van der Waals surface area contributed by atoms with E-state index in [9.17, 15) is 9.18 Å². The van der Waals surface area contributed by atoms with Crippen molar-refractivity contribution in [2.45, 2.75) is 31.7 Å². The summed E-state index contributed by atoms with van der Waals surface area (Å²) in [5.41, 5.74) is 5.88. The Morgan fingerprint density at radius 3 is 2.83 bits per heavy atom. The van der Waals surface area contributed by atoms with E-state index in [1.54, 1.807) is 17.0 Å². The lowest BCUT2D eigenvalue weighted by atomic mass is 10.1. The highest BCUT2D eigenvalue weighted by Gasteiger charge is 2.26. The molecule has 1 amide bonds. The van der Waals surface area contributed by atoms with Crippen molar-refractivity contribution in [3.05, 3.63) is 35.6 Å². The third-order valence-electron chi connectivity index (χ3n) is 3.51. The number of amides is 1. The van der Waals surface area contributed by atoms with Crippen molar-refractivity contribution in [1.29, 1.82) is 0 Å². The van der Waals surface area contributed by atoms with Gasteiger partial charge in [-0.2, -0.15) is 0 Å². The average molecular weight is 250 g/mol. The van der Waals surface area contributed by atoms with Gasteiger partial charge in [-0.05, 0) is 25.0 Å². The molecule has 18 heavy (non-hydrogen) atoms. The Bertz CT molecular complexity index is 422. The normalized spacial score (nSPS) is 20.6. The van der Waals surface area contributed by atoms with Gasteiger partial charge in [-0.3, -0.25) is 4.79 Å². The number of likely N-dealkylation sites (tertiary alicyclic amines) is 1. The van der Waals surface area contributed by atoms with Gasteiger partial charge in [0.15, 0.2) is 0 Å². The van der Waals surface area contributed by atoms with Crippen LogP contribution in [0, 0.1) is 5.82 Å². The summed E-state index contributed by atoms with van der Waals surface area (Å²) in [7, 11) is 0. The van der Waals surface area contributed by atoms with Gasteiger partial charge in [0.25, 0.3) is 5.91 Å².